The van der Waals surface area contributed by atoms with Crippen LogP contribution in [0.2, 0.25) is 0 Å². The SMILES string of the molecule is CCOCC(O)CN(CCOC)Cc1c(C)nn(-c2ccc(F)cc2)c1Oc1cccc(F)c1. The standard InChI is InChI=1S/C25H31F2N3O4/c1-4-33-17-22(31)15-29(12-13-32-3)16-24-18(2)28-30(21-10-8-19(26)9-11-21)25(24)34-23-7-5-6-20(27)14-23/h5-11,14,22,31H,4,12-13,15-17H2,1-3H3. The maximum absolute atomic E-state index is 13.8. The van der Waals surface area contributed by atoms with E-state index < -0.39 is 11.9 Å². The van der Waals surface area contributed by atoms with Crippen LogP contribution in [0.3, 0.4) is 0 Å². The van der Waals surface area contributed by atoms with Crippen LogP contribution in [0.5, 0.6) is 11.6 Å². The first-order chi connectivity index (χ1) is 16.4. The van der Waals surface area contributed by atoms with Gasteiger partial charge in [-0.3, -0.25) is 4.90 Å². The van der Waals surface area contributed by atoms with Crippen molar-refractivity contribution in [2.24, 2.45) is 0 Å². The number of benzene rings is 2. The molecule has 34 heavy (non-hydrogen) atoms. The summed E-state index contributed by atoms with van der Waals surface area (Å²) in [6, 6.07) is 11.7. The van der Waals surface area contributed by atoms with Gasteiger partial charge in [0, 0.05) is 39.4 Å². The predicted molar refractivity (Wildman–Crippen MR) is 124 cm³/mol. The fraction of sp³-hybridized carbons (Fsp3) is 0.400. The quantitative estimate of drug-likeness (QED) is 0.402. The molecule has 0 spiro atoms. The minimum absolute atomic E-state index is 0.223. The van der Waals surface area contributed by atoms with Gasteiger partial charge >= 0.3 is 0 Å². The second kappa shape index (κ2) is 12.6. The summed E-state index contributed by atoms with van der Waals surface area (Å²) in [6.45, 7) is 6.23. The normalized spacial score (nSPS) is 12.3. The van der Waals surface area contributed by atoms with Crippen molar-refractivity contribution in [3.05, 3.63) is 71.4 Å². The third-order valence-corrected chi connectivity index (χ3v) is 5.20. The number of nitrogens with zero attached hydrogens (tertiary/aromatic N) is 3. The average Bonchev–Trinajstić information content (AvgIpc) is 3.11. The molecule has 0 fully saturated rings. The molecule has 1 unspecified atom stereocenters. The topological polar surface area (TPSA) is 69.0 Å². The zero-order valence-electron chi connectivity index (χ0n) is 19.7. The van der Waals surface area contributed by atoms with Gasteiger partial charge in [0.1, 0.15) is 17.4 Å². The summed E-state index contributed by atoms with van der Waals surface area (Å²) in [4.78, 5) is 2.02. The molecule has 3 aromatic rings. The summed E-state index contributed by atoms with van der Waals surface area (Å²) in [5.41, 5.74) is 2.05. The van der Waals surface area contributed by atoms with E-state index in [0.29, 0.717) is 55.9 Å². The number of hydrogen-bond acceptors (Lipinski definition) is 6. The summed E-state index contributed by atoms with van der Waals surface area (Å²) >= 11 is 0. The van der Waals surface area contributed by atoms with Crippen LogP contribution in [-0.4, -0.2) is 65.9 Å². The number of aromatic nitrogens is 2. The fourth-order valence-electron chi connectivity index (χ4n) is 3.51. The van der Waals surface area contributed by atoms with Gasteiger partial charge < -0.3 is 19.3 Å². The van der Waals surface area contributed by atoms with Gasteiger partial charge in [0.15, 0.2) is 0 Å². The van der Waals surface area contributed by atoms with Crippen molar-refractivity contribution in [2.45, 2.75) is 26.5 Å². The first kappa shape index (κ1) is 25.8. The summed E-state index contributed by atoms with van der Waals surface area (Å²) < 4.78 is 45.6. The molecule has 0 aliphatic heterocycles. The Balaban J connectivity index is 1.97. The van der Waals surface area contributed by atoms with Gasteiger partial charge in [-0.25, -0.2) is 13.5 Å². The van der Waals surface area contributed by atoms with E-state index in [1.807, 2.05) is 18.7 Å². The van der Waals surface area contributed by atoms with E-state index >= 15 is 0 Å². The van der Waals surface area contributed by atoms with Gasteiger partial charge in [0.05, 0.1) is 36.3 Å². The van der Waals surface area contributed by atoms with Gasteiger partial charge in [-0.1, -0.05) is 6.07 Å². The largest absolute Gasteiger partial charge is 0.438 e. The van der Waals surface area contributed by atoms with E-state index in [-0.39, 0.29) is 12.4 Å². The van der Waals surface area contributed by atoms with Crippen LogP contribution in [0.25, 0.3) is 5.69 Å². The average molecular weight is 476 g/mol. The molecule has 184 valence electrons. The molecular formula is C25H31F2N3O4. The molecule has 0 aliphatic carbocycles. The van der Waals surface area contributed by atoms with Crippen molar-refractivity contribution in [3.63, 3.8) is 0 Å². The smallest absolute Gasteiger partial charge is 0.227 e. The molecule has 0 radical (unpaired) electrons. The van der Waals surface area contributed by atoms with Gasteiger partial charge in [-0.15, -0.1) is 0 Å². The van der Waals surface area contributed by atoms with Crippen LogP contribution in [0.1, 0.15) is 18.2 Å². The molecule has 1 heterocycles. The molecule has 7 nitrogen and oxygen atoms in total. The third-order valence-electron chi connectivity index (χ3n) is 5.20. The minimum Gasteiger partial charge on any atom is -0.438 e. The first-order valence-electron chi connectivity index (χ1n) is 11.2. The maximum Gasteiger partial charge on any atom is 0.227 e. The van der Waals surface area contributed by atoms with E-state index in [2.05, 4.69) is 5.10 Å². The van der Waals surface area contributed by atoms with E-state index in [1.165, 1.54) is 24.3 Å². The molecule has 1 aromatic heterocycles. The highest BCUT2D eigenvalue weighted by molar-refractivity contribution is 5.43. The molecule has 0 saturated carbocycles. The van der Waals surface area contributed by atoms with Crippen LogP contribution >= 0.6 is 0 Å². The molecule has 3 rings (SSSR count). The van der Waals surface area contributed by atoms with Crippen LogP contribution < -0.4 is 4.74 Å². The Labute approximate surface area is 198 Å². The van der Waals surface area contributed by atoms with E-state index in [4.69, 9.17) is 14.2 Å². The number of aliphatic hydroxyl groups excluding tert-OH is 1. The minimum atomic E-state index is -0.683. The first-order valence-corrected chi connectivity index (χ1v) is 11.2. The van der Waals surface area contributed by atoms with Gasteiger partial charge in [0.2, 0.25) is 5.88 Å². The van der Waals surface area contributed by atoms with E-state index in [0.717, 1.165) is 5.56 Å². The lowest BCUT2D eigenvalue weighted by Crippen LogP contribution is -2.36. The van der Waals surface area contributed by atoms with Crippen molar-refractivity contribution in [2.75, 3.05) is 40.0 Å². The molecule has 9 heteroatoms. The number of ether oxygens (including phenoxy) is 3. The van der Waals surface area contributed by atoms with Crippen molar-refractivity contribution in [3.8, 4) is 17.3 Å². The molecule has 1 atom stereocenters. The molecule has 0 aliphatic rings. The number of aliphatic hydroxyl groups is 1. The van der Waals surface area contributed by atoms with Gasteiger partial charge in [-0.2, -0.15) is 5.10 Å². The Morgan fingerprint density at radius 2 is 1.88 bits per heavy atom. The summed E-state index contributed by atoms with van der Waals surface area (Å²) in [5.74, 6) is -0.0976. The fourth-order valence-corrected chi connectivity index (χ4v) is 3.51. The highest BCUT2D eigenvalue weighted by atomic mass is 19.1. The van der Waals surface area contributed by atoms with Crippen molar-refractivity contribution < 1.29 is 28.1 Å². The van der Waals surface area contributed by atoms with Crippen molar-refractivity contribution in [1.82, 2.24) is 14.7 Å². The zero-order chi connectivity index (χ0) is 24.5. The van der Waals surface area contributed by atoms with Crippen molar-refractivity contribution >= 4 is 0 Å². The highest BCUT2D eigenvalue weighted by Crippen LogP contribution is 2.32. The summed E-state index contributed by atoms with van der Waals surface area (Å²) in [7, 11) is 1.62. The lowest BCUT2D eigenvalue weighted by molar-refractivity contribution is 0.0147. The molecule has 2 aromatic carbocycles. The Morgan fingerprint density at radius 1 is 1.12 bits per heavy atom. The number of aryl methyl sites for hydroxylation is 1. The Kier molecular flexibility index (Phi) is 9.52. The van der Waals surface area contributed by atoms with Crippen LogP contribution in [0.15, 0.2) is 48.5 Å². The monoisotopic (exact) mass is 475 g/mol. The second-order valence-electron chi connectivity index (χ2n) is 7.86. The van der Waals surface area contributed by atoms with Crippen LogP contribution in [0.4, 0.5) is 8.78 Å². The zero-order valence-corrected chi connectivity index (χ0v) is 19.7. The predicted octanol–water partition coefficient (Wildman–Crippen LogP) is 4.10. The number of rotatable bonds is 13. The van der Waals surface area contributed by atoms with Crippen LogP contribution in [-0.2, 0) is 16.0 Å². The Bertz CT molecular complexity index is 1040. The van der Waals surface area contributed by atoms with Gasteiger partial charge in [0.25, 0.3) is 0 Å². The molecule has 0 bridgehead atoms. The van der Waals surface area contributed by atoms with E-state index in [9.17, 15) is 13.9 Å². The number of hydrogen-bond donors (Lipinski definition) is 1. The number of halogens is 2. The highest BCUT2D eigenvalue weighted by Gasteiger charge is 2.23. The Morgan fingerprint density at radius 3 is 2.56 bits per heavy atom. The van der Waals surface area contributed by atoms with Crippen LogP contribution in [0, 0.1) is 18.6 Å². The molecule has 1 N–H and O–H groups in total. The summed E-state index contributed by atoms with van der Waals surface area (Å²) in [5, 5.41) is 15.0. The lowest BCUT2D eigenvalue weighted by Gasteiger charge is -2.25. The second-order valence-corrected chi connectivity index (χ2v) is 7.86. The molecular weight excluding hydrogens is 444 g/mol. The summed E-state index contributed by atoms with van der Waals surface area (Å²) in [6.07, 6.45) is -0.683. The number of methoxy groups -OCH3 is 1. The van der Waals surface area contributed by atoms with E-state index in [1.54, 1.807) is 36.1 Å². The maximum atomic E-state index is 13.8. The lowest BCUT2D eigenvalue weighted by atomic mass is 10.2. The molecule has 0 saturated heterocycles. The Hall–Kier alpha value is -2.85. The van der Waals surface area contributed by atoms with Gasteiger partial charge in [-0.05, 0) is 50.2 Å². The van der Waals surface area contributed by atoms with Crippen molar-refractivity contribution in [1.29, 1.82) is 0 Å². The third kappa shape index (κ3) is 7.07. The molecule has 0 amide bonds.